The van der Waals surface area contributed by atoms with Gasteiger partial charge >= 0.3 is 0 Å². The van der Waals surface area contributed by atoms with Crippen LogP contribution in [0.4, 0.5) is 0 Å². The minimum atomic E-state index is 0.273. The van der Waals surface area contributed by atoms with Crippen molar-refractivity contribution in [2.75, 3.05) is 0 Å². The number of benzene rings is 2. The van der Waals surface area contributed by atoms with Gasteiger partial charge in [0.05, 0.1) is 0 Å². The third-order valence-corrected chi connectivity index (χ3v) is 9.27. The van der Waals surface area contributed by atoms with Crippen molar-refractivity contribution in [3.8, 4) is 0 Å². The molecular weight excluding hydrogens is 492 g/mol. The Bertz CT molecular complexity index is 1570. The van der Waals surface area contributed by atoms with Gasteiger partial charge in [-0.15, -0.1) is 0 Å². The van der Waals surface area contributed by atoms with Crippen molar-refractivity contribution in [3.63, 3.8) is 0 Å². The molecule has 0 spiro atoms. The van der Waals surface area contributed by atoms with E-state index in [-0.39, 0.29) is 5.92 Å². The maximum absolute atomic E-state index is 4.75. The van der Waals surface area contributed by atoms with Crippen LogP contribution in [0, 0.1) is 12.8 Å². The van der Waals surface area contributed by atoms with Crippen LogP contribution in [-0.2, 0) is 0 Å². The zero-order chi connectivity index (χ0) is 29.4. The molecule has 0 saturated heterocycles. The summed E-state index contributed by atoms with van der Waals surface area (Å²) < 4.78 is 0. The zero-order valence-corrected chi connectivity index (χ0v) is 26.0. The minimum Gasteiger partial charge on any atom is -0.0955 e. The van der Waals surface area contributed by atoms with Crippen LogP contribution in [-0.4, -0.2) is 0 Å². The molecule has 3 aliphatic carbocycles. The Kier molecular flexibility index (Phi) is 8.23. The molecule has 0 N–H and O–H groups in total. The average molecular weight is 539 g/mol. The van der Waals surface area contributed by atoms with Crippen LogP contribution in [0.25, 0.3) is 11.1 Å². The third-order valence-electron chi connectivity index (χ3n) is 9.27. The molecule has 0 amide bonds. The summed E-state index contributed by atoms with van der Waals surface area (Å²) in [4.78, 5) is 0. The van der Waals surface area contributed by atoms with Crippen LogP contribution >= 0.6 is 0 Å². The van der Waals surface area contributed by atoms with E-state index < -0.39 is 0 Å². The fourth-order valence-electron chi connectivity index (χ4n) is 7.06. The summed E-state index contributed by atoms with van der Waals surface area (Å²) in [6, 6.07) is 16.1. The molecule has 0 heterocycles. The largest absolute Gasteiger partial charge is 0.0955 e. The van der Waals surface area contributed by atoms with Crippen molar-refractivity contribution >= 4 is 11.1 Å². The number of aryl methyl sites for hydroxylation is 1. The van der Waals surface area contributed by atoms with Crippen LogP contribution in [0.15, 0.2) is 126 Å². The van der Waals surface area contributed by atoms with Crippen LogP contribution in [0.5, 0.6) is 0 Å². The molecule has 41 heavy (non-hydrogen) atoms. The second kappa shape index (κ2) is 11.7. The van der Waals surface area contributed by atoms with E-state index in [9.17, 15) is 0 Å². The summed E-state index contributed by atoms with van der Waals surface area (Å²) >= 11 is 0. The summed E-state index contributed by atoms with van der Waals surface area (Å²) in [5.41, 5.74) is 18.8. The van der Waals surface area contributed by atoms with E-state index in [4.69, 9.17) is 6.58 Å². The number of allylic oxidation sites excluding steroid dienone is 13. The van der Waals surface area contributed by atoms with Gasteiger partial charge in [0.25, 0.3) is 0 Å². The van der Waals surface area contributed by atoms with Gasteiger partial charge in [0.2, 0.25) is 0 Å². The maximum atomic E-state index is 4.75. The SMILES string of the molecule is C=C(CCC)C1=C(C)C=C2CC(=CC3=CC=C(c4ccc(C(=C)C)cc4C)C3)C(=C)C2C1c1ccc(C(C)C)cc1. The third kappa shape index (κ3) is 5.62. The van der Waals surface area contributed by atoms with E-state index in [1.165, 1.54) is 72.4 Å². The Morgan fingerprint density at radius 2 is 1.71 bits per heavy atom. The molecule has 3 aliphatic rings. The predicted octanol–water partition coefficient (Wildman–Crippen LogP) is 11.8. The molecule has 2 atom stereocenters. The van der Waals surface area contributed by atoms with E-state index in [1.54, 1.807) is 0 Å². The highest BCUT2D eigenvalue weighted by Crippen LogP contribution is 2.55. The highest BCUT2D eigenvalue weighted by atomic mass is 14.4. The van der Waals surface area contributed by atoms with Gasteiger partial charge in [-0.25, -0.2) is 0 Å². The van der Waals surface area contributed by atoms with Gasteiger partial charge in [0, 0.05) is 11.8 Å². The van der Waals surface area contributed by atoms with Gasteiger partial charge in [0.1, 0.15) is 0 Å². The lowest BCUT2D eigenvalue weighted by molar-refractivity contribution is 0.619. The monoisotopic (exact) mass is 538 g/mol. The van der Waals surface area contributed by atoms with E-state index in [0.29, 0.717) is 11.8 Å². The summed E-state index contributed by atoms with van der Waals surface area (Å²) in [6.07, 6.45) is 13.6. The van der Waals surface area contributed by atoms with E-state index in [1.807, 2.05) is 0 Å². The standard InChI is InChI=1S/C41H46/c1-10-11-27(6)39-29(8)21-37-24-36(30(9)40(37)41(39)33-16-14-32(15-17-33)25(2)3)23-31-12-13-35(22-31)38-19-18-34(26(4)5)20-28(38)7/h12-21,23,25,40-41H,4,6,9-11,22,24H2,1-3,5,7-8H3. The summed E-state index contributed by atoms with van der Waals surface area (Å²) in [5.74, 6) is 1.10. The van der Waals surface area contributed by atoms with E-state index in [2.05, 4.69) is 121 Å². The smallest absolute Gasteiger partial charge is 0.0201 e. The van der Waals surface area contributed by atoms with Crippen LogP contribution in [0.2, 0.25) is 0 Å². The molecule has 1 saturated carbocycles. The average Bonchev–Trinajstić information content (AvgIpc) is 3.52. The van der Waals surface area contributed by atoms with Crippen molar-refractivity contribution in [3.05, 3.63) is 153 Å². The molecule has 2 aromatic carbocycles. The van der Waals surface area contributed by atoms with Gasteiger partial charge in [-0.05, 0) is 107 Å². The number of fused-ring (bicyclic) bond motifs is 1. The van der Waals surface area contributed by atoms with Gasteiger partial charge in [-0.2, -0.15) is 0 Å². The van der Waals surface area contributed by atoms with E-state index >= 15 is 0 Å². The normalized spacial score (nSPS) is 21.3. The Morgan fingerprint density at radius 1 is 0.976 bits per heavy atom. The van der Waals surface area contributed by atoms with Gasteiger partial charge in [0.15, 0.2) is 0 Å². The topological polar surface area (TPSA) is 0 Å². The predicted molar refractivity (Wildman–Crippen MR) is 180 cm³/mol. The van der Waals surface area contributed by atoms with E-state index in [0.717, 1.165) is 31.3 Å². The molecule has 0 heteroatoms. The first-order valence-corrected chi connectivity index (χ1v) is 15.3. The molecule has 5 rings (SSSR count). The molecule has 2 aromatic rings. The van der Waals surface area contributed by atoms with Crippen LogP contribution < -0.4 is 0 Å². The molecule has 0 radical (unpaired) electrons. The summed E-state index contributed by atoms with van der Waals surface area (Å²) in [5, 5.41) is 0. The number of rotatable bonds is 8. The molecular formula is C41H46. The summed E-state index contributed by atoms with van der Waals surface area (Å²) in [7, 11) is 0. The van der Waals surface area contributed by atoms with Crippen molar-refractivity contribution in [1.29, 1.82) is 0 Å². The summed E-state index contributed by atoms with van der Waals surface area (Å²) in [6.45, 7) is 26.8. The van der Waals surface area contributed by atoms with Crippen molar-refractivity contribution in [1.82, 2.24) is 0 Å². The first-order valence-electron chi connectivity index (χ1n) is 15.3. The zero-order valence-electron chi connectivity index (χ0n) is 26.0. The first-order chi connectivity index (χ1) is 19.6. The highest BCUT2D eigenvalue weighted by Gasteiger charge is 2.41. The highest BCUT2D eigenvalue weighted by molar-refractivity contribution is 5.77. The minimum absolute atomic E-state index is 0.273. The second-order valence-corrected chi connectivity index (χ2v) is 12.7. The lowest BCUT2D eigenvalue weighted by Crippen LogP contribution is -2.21. The Hall–Kier alpha value is -3.64. The van der Waals surface area contributed by atoms with Crippen molar-refractivity contribution in [2.24, 2.45) is 5.92 Å². The Morgan fingerprint density at radius 3 is 2.34 bits per heavy atom. The van der Waals surface area contributed by atoms with Crippen molar-refractivity contribution in [2.45, 2.75) is 79.1 Å². The van der Waals surface area contributed by atoms with Gasteiger partial charge < -0.3 is 0 Å². The number of hydrogen-bond donors (Lipinski definition) is 0. The fraction of sp³-hybridized carbons (Fsp3) is 0.317. The Labute approximate surface area is 249 Å². The first kappa shape index (κ1) is 28.9. The molecule has 210 valence electrons. The molecule has 0 bridgehead atoms. The molecule has 0 aliphatic heterocycles. The quantitative estimate of drug-likeness (QED) is 0.313. The van der Waals surface area contributed by atoms with Gasteiger partial charge in [-0.1, -0.05) is 130 Å². The van der Waals surface area contributed by atoms with Gasteiger partial charge in [-0.3, -0.25) is 0 Å². The molecule has 1 fully saturated rings. The lowest BCUT2D eigenvalue weighted by Gasteiger charge is -2.34. The fourth-order valence-corrected chi connectivity index (χ4v) is 7.06. The van der Waals surface area contributed by atoms with Crippen molar-refractivity contribution < 1.29 is 0 Å². The lowest BCUT2D eigenvalue weighted by atomic mass is 9.69. The van der Waals surface area contributed by atoms with Crippen LogP contribution in [0.1, 0.15) is 100.0 Å². The van der Waals surface area contributed by atoms with Crippen LogP contribution in [0.3, 0.4) is 0 Å². The maximum Gasteiger partial charge on any atom is 0.0201 e. The Balaban J connectivity index is 1.43. The number of hydrogen-bond acceptors (Lipinski definition) is 0. The second-order valence-electron chi connectivity index (χ2n) is 12.7. The molecule has 2 unspecified atom stereocenters. The molecule has 0 aromatic heterocycles. The molecule has 0 nitrogen and oxygen atoms in total.